The number of carbonyl (C=O) groups is 1. The number of nitrogens with zero attached hydrogens (tertiary/aromatic N) is 2. The van der Waals surface area contributed by atoms with Gasteiger partial charge in [-0.15, -0.1) is 0 Å². The number of pyridine rings is 1. The Labute approximate surface area is 198 Å². The van der Waals surface area contributed by atoms with E-state index >= 15 is 0 Å². The van der Waals surface area contributed by atoms with Crippen molar-refractivity contribution in [3.63, 3.8) is 0 Å². The summed E-state index contributed by atoms with van der Waals surface area (Å²) in [5.74, 6) is -0.596. The van der Waals surface area contributed by atoms with Crippen molar-refractivity contribution in [2.24, 2.45) is 0 Å². The summed E-state index contributed by atoms with van der Waals surface area (Å²) in [5, 5.41) is 2.74. The van der Waals surface area contributed by atoms with E-state index in [9.17, 15) is 22.0 Å². The van der Waals surface area contributed by atoms with Crippen LogP contribution in [0.1, 0.15) is 36.6 Å². The lowest BCUT2D eigenvalue weighted by Crippen LogP contribution is -2.65. The fraction of sp³-hybridized carbons (Fsp3) is 0.478. The number of rotatable bonds is 10. The summed E-state index contributed by atoms with van der Waals surface area (Å²) in [4.78, 5) is 19.6. The van der Waals surface area contributed by atoms with Crippen molar-refractivity contribution in [1.29, 1.82) is 0 Å². The fourth-order valence-corrected chi connectivity index (χ4v) is 4.49. The van der Waals surface area contributed by atoms with Crippen molar-refractivity contribution in [3.05, 3.63) is 53.2 Å². The zero-order valence-corrected chi connectivity index (χ0v) is 20.4. The maximum atomic E-state index is 13.7. The van der Waals surface area contributed by atoms with Crippen molar-refractivity contribution in [2.75, 3.05) is 37.8 Å². The van der Waals surface area contributed by atoms with Gasteiger partial charge in [-0.05, 0) is 36.1 Å². The second-order valence-corrected chi connectivity index (χ2v) is 10.3. The first-order valence-electron chi connectivity index (χ1n) is 10.8. The van der Waals surface area contributed by atoms with Gasteiger partial charge in [0.25, 0.3) is 10.1 Å². The Hall–Kier alpha value is -2.63. The highest BCUT2D eigenvalue weighted by molar-refractivity contribution is 7.85. The Bertz CT molecular complexity index is 1140. The van der Waals surface area contributed by atoms with Crippen LogP contribution in [-0.2, 0) is 24.5 Å². The van der Waals surface area contributed by atoms with Gasteiger partial charge in [-0.1, -0.05) is 38.1 Å². The summed E-state index contributed by atoms with van der Waals surface area (Å²) in [6.45, 7) is 3.49. The summed E-state index contributed by atoms with van der Waals surface area (Å²) in [7, 11) is -3.57. The second kappa shape index (κ2) is 10.3. The van der Waals surface area contributed by atoms with Gasteiger partial charge < -0.3 is 10.1 Å². The number of aryl methyl sites for hydroxylation is 1. The van der Waals surface area contributed by atoms with Crippen LogP contribution in [0, 0.1) is 6.92 Å². The van der Waals surface area contributed by atoms with Gasteiger partial charge in [-0.2, -0.15) is 17.2 Å². The van der Waals surface area contributed by atoms with Crippen LogP contribution in [-0.4, -0.2) is 63.3 Å². The van der Waals surface area contributed by atoms with Crippen molar-refractivity contribution < 1.29 is 30.9 Å². The quantitative estimate of drug-likeness (QED) is 0.503. The van der Waals surface area contributed by atoms with Gasteiger partial charge in [-0.25, -0.2) is 4.98 Å². The number of hydrogen-bond acceptors (Lipinski definition) is 7. The highest BCUT2D eigenvalue weighted by Gasteiger charge is 2.51. The lowest BCUT2D eigenvalue weighted by atomic mass is 9.69. The van der Waals surface area contributed by atoms with Gasteiger partial charge in [0, 0.05) is 25.3 Å². The van der Waals surface area contributed by atoms with Crippen LogP contribution in [0.3, 0.4) is 0 Å². The zero-order valence-electron chi connectivity index (χ0n) is 19.5. The van der Waals surface area contributed by atoms with E-state index in [1.165, 1.54) is 6.07 Å². The molecule has 2 heterocycles. The Morgan fingerprint density at radius 2 is 1.88 bits per heavy atom. The molecule has 0 spiro atoms. The minimum atomic E-state index is -3.57. The van der Waals surface area contributed by atoms with E-state index in [4.69, 9.17) is 4.18 Å². The predicted molar refractivity (Wildman–Crippen MR) is 124 cm³/mol. The number of aromatic nitrogens is 1. The molecule has 1 aliphatic heterocycles. The molecule has 0 bridgehead atoms. The van der Waals surface area contributed by atoms with Crippen molar-refractivity contribution >= 4 is 21.7 Å². The standard InChI is InChI=1S/C23H29F2N3O5S/c1-15(2)17-7-5-6-8-18(17)23(13-28(14-23)11-12-32-34(4,30)31)21(29)27-19-10-9-16(3)26-20(19)33-22(24)25/h5-10,15,22H,11-14H2,1-4H3,(H,27,29). The van der Waals surface area contributed by atoms with E-state index in [2.05, 4.69) is 15.0 Å². The number of carbonyl (C=O) groups excluding carboxylic acids is 1. The number of anilines is 1. The largest absolute Gasteiger partial charge is 0.415 e. The van der Waals surface area contributed by atoms with E-state index in [1.807, 2.05) is 43.0 Å². The minimum Gasteiger partial charge on any atom is -0.415 e. The van der Waals surface area contributed by atoms with E-state index in [0.717, 1.165) is 17.4 Å². The molecule has 0 atom stereocenters. The Morgan fingerprint density at radius 3 is 2.50 bits per heavy atom. The van der Waals surface area contributed by atoms with Crippen LogP contribution in [0.2, 0.25) is 0 Å². The molecule has 0 radical (unpaired) electrons. The van der Waals surface area contributed by atoms with Crippen LogP contribution in [0.15, 0.2) is 36.4 Å². The molecule has 2 aromatic rings. The molecule has 1 saturated heterocycles. The number of halogens is 2. The second-order valence-electron chi connectivity index (χ2n) is 8.70. The molecule has 1 aromatic heterocycles. The van der Waals surface area contributed by atoms with Crippen LogP contribution < -0.4 is 10.1 Å². The molecule has 1 aliphatic rings. The van der Waals surface area contributed by atoms with E-state index < -0.39 is 22.1 Å². The fourth-order valence-electron chi connectivity index (χ4n) is 4.11. The number of likely N-dealkylation sites (tertiary alicyclic amines) is 1. The molecule has 0 saturated carbocycles. The first-order chi connectivity index (χ1) is 15.9. The number of amides is 1. The molecule has 186 valence electrons. The molecule has 1 aromatic carbocycles. The third-order valence-electron chi connectivity index (χ3n) is 5.67. The number of ether oxygens (including phenoxy) is 1. The first-order valence-corrected chi connectivity index (χ1v) is 12.6. The molecule has 1 N–H and O–H groups in total. The lowest BCUT2D eigenvalue weighted by molar-refractivity contribution is -0.128. The number of nitrogens with one attached hydrogen (secondary N) is 1. The van der Waals surface area contributed by atoms with Gasteiger partial charge >= 0.3 is 6.61 Å². The van der Waals surface area contributed by atoms with Gasteiger partial charge in [0.2, 0.25) is 11.8 Å². The normalized spacial score (nSPS) is 15.9. The molecule has 0 aliphatic carbocycles. The molecule has 8 nitrogen and oxygen atoms in total. The Balaban J connectivity index is 1.90. The minimum absolute atomic E-state index is 0.0311. The summed E-state index contributed by atoms with van der Waals surface area (Å²) in [6, 6.07) is 10.7. The monoisotopic (exact) mass is 497 g/mol. The van der Waals surface area contributed by atoms with Gasteiger partial charge in [0.1, 0.15) is 5.69 Å². The van der Waals surface area contributed by atoms with Crippen LogP contribution in [0.5, 0.6) is 5.88 Å². The zero-order chi connectivity index (χ0) is 25.1. The SMILES string of the molecule is Cc1ccc(NC(=O)C2(c3ccccc3C(C)C)CN(CCOS(C)(=O)=O)C2)c(OC(F)F)n1. The van der Waals surface area contributed by atoms with Crippen molar-refractivity contribution in [3.8, 4) is 5.88 Å². The smallest absolute Gasteiger partial charge is 0.388 e. The number of alkyl halides is 2. The Morgan fingerprint density at radius 1 is 1.21 bits per heavy atom. The molecular weight excluding hydrogens is 468 g/mol. The maximum absolute atomic E-state index is 13.7. The summed E-state index contributed by atoms with van der Waals surface area (Å²) in [6.07, 6.45) is 0.981. The third kappa shape index (κ3) is 6.08. The molecule has 1 fully saturated rings. The predicted octanol–water partition coefficient (Wildman–Crippen LogP) is 3.28. The van der Waals surface area contributed by atoms with Gasteiger partial charge in [0.05, 0.1) is 18.3 Å². The molecular formula is C23H29F2N3O5S. The first kappa shape index (κ1) is 26.0. The maximum Gasteiger partial charge on any atom is 0.388 e. The van der Waals surface area contributed by atoms with Crippen molar-refractivity contribution in [2.45, 2.75) is 38.7 Å². The van der Waals surface area contributed by atoms with E-state index in [-0.39, 0.29) is 30.0 Å². The average Bonchev–Trinajstić information content (AvgIpc) is 2.70. The van der Waals surface area contributed by atoms with Gasteiger partial charge in [-0.3, -0.25) is 13.9 Å². The summed E-state index contributed by atoms with van der Waals surface area (Å²) < 4.78 is 57.7. The molecule has 11 heteroatoms. The molecule has 3 rings (SSSR count). The topological polar surface area (TPSA) is 97.8 Å². The third-order valence-corrected chi connectivity index (χ3v) is 6.27. The highest BCUT2D eigenvalue weighted by Crippen LogP contribution is 2.40. The van der Waals surface area contributed by atoms with Crippen LogP contribution in [0.25, 0.3) is 0 Å². The van der Waals surface area contributed by atoms with E-state index in [0.29, 0.717) is 25.3 Å². The highest BCUT2D eigenvalue weighted by atomic mass is 32.2. The number of benzene rings is 1. The molecule has 1 amide bonds. The van der Waals surface area contributed by atoms with Crippen LogP contribution >= 0.6 is 0 Å². The molecule has 34 heavy (non-hydrogen) atoms. The van der Waals surface area contributed by atoms with E-state index in [1.54, 1.807) is 13.0 Å². The lowest BCUT2D eigenvalue weighted by Gasteiger charge is -2.50. The van der Waals surface area contributed by atoms with Gasteiger partial charge in [0.15, 0.2) is 0 Å². The summed E-state index contributed by atoms with van der Waals surface area (Å²) in [5.41, 5.74) is 1.37. The van der Waals surface area contributed by atoms with Crippen molar-refractivity contribution in [1.82, 2.24) is 9.88 Å². The average molecular weight is 498 g/mol. The Kier molecular flexibility index (Phi) is 7.89. The molecule has 0 unspecified atom stereocenters. The summed E-state index contributed by atoms with van der Waals surface area (Å²) >= 11 is 0. The number of hydrogen-bond donors (Lipinski definition) is 1. The van der Waals surface area contributed by atoms with Crippen LogP contribution in [0.4, 0.5) is 14.5 Å².